The Hall–Kier alpha value is -3.22. The molecule has 1 N–H and O–H groups in total. The second kappa shape index (κ2) is 11.7. The zero-order valence-electron chi connectivity index (χ0n) is 20.2. The number of thiazole rings is 1. The standard InChI is InChI=1S/C29H28ClFN2O2S/c1-19(2)16-26-28(22-10-13-25(30)24(17-22)21-8-11-23(31)12-9-21)32-29(36-26)33(15-14-27(34)35)18-20-6-4-3-5-7-20/h3-13,17,19H,14-16,18H2,1-2H3,(H,34,35). The molecule has 0 amide bonds. The molecular weight excluding hydrogens is 495 g/mol. The van der Waals surface area contributed by atoms with Crippen molar-refractivity contribution < 1.29 is 14.3 Å². The topological polar surface area (TPSA) is 53.4 Å². The van der Waals surface area contributed by atoms with E-state index >= 15 is 0 Å². The van der Waals surface area contributed by atoms with Crippen LogP contribution in [0.3, 0.4) is 0 Å². The predicted octanol–water partition coefficient (Wildman–Crippen LogP) is 7.95. The summed E-state index contributed by atoms with van der Waals surface area (Å²) in [4.78, 5) is 19.6. The SMILES string of the molecule is CC(C)Cc1sc(N(CCC(=O)O)Cc2ccccc2)nc1-c1ccc(Cl)c(-c2ccc(F)cc2)c1. The zero-order valence-corrected chi connectivity index (χ0v) is 21.8. The van der Waals surface area contributed by atoms with E-state index in [-0.39, 0.29) is 12.2 Å². The molecule has 4 nitrogen and oxygen atoms in total. The van der Waals surface area contributed by atoms with Crippen LogP contribution >= 0.6 is 22.9 Å². The highest BCUT2D eigenvalue weighted by Crippen LogP contribution is 2.38. The van der Waals surface area contributed by atoms with Crippen molar-refractivity contribution in [2.24, 2.45) is 5.92 Å². The number of benzene rings is 3. The summed E-state index contributed by atoms with van der Waals surface area (Å²) in [5.41, 5.74) is 4.53. The number of hydrogen-bond donors (Lipinski definition) is 1. The molecule has 4 rings (SSSR count). The van der Waals surface area contributed by atoms with Gasteiger partial charge < -0.3 is 10.0 Å². The minimum Gasteiger partial charge on any atom is -0.481 e. The maximum Gasteiger partial charge on any atom is 0.305 e. The second-order valence-electron chi connectivity index (χ2n) is 9.12. The fourth-order valence-electron chi connectivity index (χ4n) is 4.01. The van der Waals surface area contributed by atoms with Crippen molar-refractivity contribution in [2.45, 2.75) is 33.2 Å². The zero-order chi connectivity index (χ0) is 25.7. The van der Waals surface area contributed by atoms with Gasteiger partial charge in [-0.3, -0.25) is 4.79 Å². The third-order valence-corrected chi connectivity index (χ3v) is 7.23. The van der Waals surface area contributed by atoms with E-state index in [0.717, 1.165) is 44.4 Å². The van der Waals surface area contributed by atoms with Crippen molar-refractivity contribution in [3.63, 3.8) is 0 Å². The third kappa shape index (κ3) is 6.50. The van der Waals surface area contributed by atoms with Crippen LogP contribution in [-0.2, 0) is 17.8 Å². The van der Waals surface area contributed by atoms with Crippen LogP contribution in [0.4, 0.5) is 9.52 Å². The van der Waals surface area contributed by atoms with E-state index in [1.165, 1.54) is 12.1 Å². The summed E-state index contributed by atoms with van der Waals surface area (Å²) in [6.07, 6.45) is 0.872. The Labute approximate surface area is 220 Å². The quantitative estimate of drug-likeness (QED) is 0.229. The van der Waals surface area contributed by atoms with Gasteiger partial charge >= 0.3 is 5.97 Å². The molecule has 0 spiro atoms. The number of carboxylic acid groups (broad SMARTS) is 1. The molecule has 0 aliphatic heterocycles. The second-order valence-corrected chi connectivity index (χ2v) is 10.6. The summed E-state index contributed by atoms with van der Waals surface area (Å²) in [6, 6.07) is 22.1. The van der Waals surface area contributed by atoms with Crippen molar-refractivity contribution >= 4 is 34.0 Å². The summed E-state index contributed by atoms with van der Waals surface area (Å²) in [5, 5.41) is 10.7. The number of anilines is 1. The van der Waals surface area contributed by atoms with Crippen molar-refractivity contribution in [1.82, 2.24) is 4.98 Å². The largest absolute Gasteiger partial charge is 0.481 e. The lowest BCUT2D eigenvalue weighted by atomic mass is 9.99. The van der Waals surface area contributed by atoms with Crippen LogP contribution in [0.5, 0.6) is 0 Å². The number of rotatable bonds is 10. The molecule has 186 valence electrons. The lowest BCUT2D eigenvalue weighted by Gasteiger charge is -2.21. The first-order valence-electron chi connectivity index (χ1n) is 11.9. The Balaban J connectivity index is 1.76. The first-order chi connectivity index (χ1) is 17.3. The van der Waals surface area contributed by atoms with Crippen molar-refractivity contribution in [1.29, 1.82) is 0 Å². The number of hydrogen-bond acceptors (Lipinski definition) is 4. The highest BCUT2D eigenvalue weighted by molar-refractivity contribution is 7.16. The molecular formula is C29H28ClFN2O2S. The summed E-state index contributed by atoms with van der Waals surface area (Å²) < 4.78 is 13.5. The molecule has 1 aromatic heterocycles. The van der Waals surface area contributed by atoms with Gasteiger partial charge in [-0.1, -0.05) is 74.0 Å². The highest BCUT2D eigenvalue weighted by Gasteiger charge is 2.20. The minimum absolute atomic E-state index is 0.0247. The molecule has 7 heteroatoms. The van der Waals surface area contributed by atoms with Crippen LogP contribution in [0, 0.1) is 11.7 Å². The van der Waals surface area contributed by atoms with Crippen LogP contribution in [0.15, 0.2) is 72.8 Å². The molecule has 0 atom stereocenters. The Morgan fingerprint density at radius 2 is 1.75 bits per heavy atom. The van der Waals surface area contributed by atoms with E-state index in [1.54, 1.807) is 23.5 Å². The molecule has 0 unspecified atom stereocenters. The van der Waals surface area contributed by atoms with Crippen LogP contribution in [0.2, 0.25) is 5.02 Å². The Morgan fingerprint density at radius 1 is 1.06 bits per heavy atom. The summed E-state index contributed by atoms with van der Waals surface area (Å²) >= 11 is 8.13. The Kier molecular flexibility index (Phi) is 8.39. The van der Waals surface area contributed by atoms with Gasteiger partial charge in [0, 0.05) is 34.1 Å². The van der Waals surface area contributed by atoms with E-state index < -0.39 is 5.97 Å². The highest BCUT2D eigenvalue weighted by atomic mass is 35.5. The maximum atomic E-state index is 13.5. The van der Waals surface area contributed by atoms with Crippen molar-refractivity contribution in [2.75, 3.05) is 11.4 Å². The maximum absolute atomic E-state index is 13.5. The Bertz CT molecular complexity index is 1320. The monoisotopic (exact) mass is 522 g/mol. The van der Waals surface area contributed by atoms with Gasteiger partial charge in [-0.15, -0.1) is 11.3 Å². The lowest BCUT2D eigenvalue weighted by molar-refractivity contribution is -0.136. The van der Waals surface area contributed by atoms with Crippen LogP contribution in [0.25, 0.3) is 22.4 Å². The van der Waals surface area contributed by atoms with E-state index in [1.807, 2.05) is 53.4 Å². The van der Waals surface area contributed by atoms with Gasteiger partial charge in [-0.25, -0.2) is 9.37 Å². The van der Waals surface area contributed by atoms with Gasteiger partial charge in [0.1, 0.15) is 5.82 Å². The van der Waals surface area contributed by atoms with Gasteiger partial charge in [-0.05, 0) is 47.7 Å². The van der Waals surface area contributed by atoms with Crippen LogP contribution in [-0.4, -0.2) is 22.6 Å². The van der Waals surface area contributed by atoms with Crippen LogP contribution < -0.4 is 4.90 Å². The summed E-state index contributed by atoms with van der Waals surface area (Å²) in [6.45, 7) is 5.27. The van der Waals surface area contributed by atoms with Gasteiger partial charge in [0.05, 0.1) is 12.1 Å². The molecule has 36 heavy (non-hydrogen) atoms. The average Bonchev–Trinajstić information content (AvgIpc) is 3.26. The summed E-state index contributed by atoms with van der Waals surface area (Å²) in [7, 11) is 0. The Morgan fingerprint density at radius 3 is 2.42 bits per heavy atom. The van der Waals surface area contributed by atoms with Crippen LogP contribution in [0.1, 0.15) is 30.7 Å². The number of aliphatic carboxylic acids is 1. The predicted molar refractivity (Wildman–Crippen MR) is 146 cm³/mol. The van der Waals surface area contributed by atoms with Gasteiger partial charge in [0.15, 0.2) is 5.13 Å². The molecule has 0 aliphatic carbocycles. The lowest BCUT2D eigenvalue weighted by Crippen LogP contribution is -2.25. The number of carboxylic acids is 1. The molecule has 0 radical (unpaired) electrons. The third-order valence-electron chi connectivity index (χ3n) is 5.76. The molecule has 0 fully saturated rings. The van der Waals surface area contributed by atoms with Gasteiger partial charge in [0.2, 0.25) is 0 Å². The summed E-state index contributed by atoms with van der Waals surface area (Å²) in [5.74, 6) is -0.717. The average molecular weight is 523 g/mol. The van der Waals surface area contributed by atoms with Gasteiger partial charge in [0.25, 0.3) is 0 Å². The number of aromatic nitrogens is 1. The molecule has 0 bridgehead atoms. The van der Waals surface area contributed by atoms with E-state index in [4.69, 9.17) is 16.6 Å². The number of halogens is 2. The van der Waals surface area contributed by atoms with Crippen molar-refractivity contribution in [3.05, 3.63) is 94.1 Å². The van der Waals surface area contributed by atoms with Crippen molar-refractivity contribution in [3.8, 4) is 22.4 Å². The normalized spacial score (nSPS) is 11.1. The smallest absolute Gasteiger partial charge is 0.305 e. The number of nitrogens with zero attached hydrogens (tertiary/aromatic N) is 2. The first kappa shape index (κ1) is 25.9. The van der Waals surface area contributed by atoms with E-state index in [9.17, 15) is 14.3 Å². The molecule has 3 aromatic carbocycles. The molecule has 0 saturated heterocycles. The van der Waals surface area contributed by atoms with E-state index in [0.29, 0.717) is 24.0 Å². The van der Waals surface area contributed by atoms with E-state index in [2.05, 4.69) is 13.8 Å². The molecule has 0 aliphatic rings. The number of carbonyl (C=O) groups is 1. The molecule has 4 aromatic rings. The molecule has 1 heterocycles. The van der Waals surface area contributed by atoms with Gasteiger partial charge in [-0.2, -0.15) is 0 Å². The fourth-order valence-corrected chi connectivity index (χ4v) is 5.56. The molecule has 0 saturated carbocycles. The fraction of sp³-hybridized carbons (Fsp3) is 0.241. The first-order valence-corrected chi connectivity index (χ1v) is 13.1. The minimum atomic E-state index is -0.839.